The first-order valence-corrected chi connectivity index (χ1v) is 9.64. The molecule has 0 bridgehead atoms. The Morgan fingerprint density at radius 2 is 1.76 bits per heavy atom. The van der Waals surface area contributed by atoms with E-state index in [0.29, 0.717) is 11.3 Å². The number of rotatable bonds is 7. The van der Waals surface area contributed by atoms with Crippen molar-refractivity contribution in [3.63, 3.8) is 0 Å². The molecule has 0 aromatic heterocycles. The van der Waals surface area contributed by atoms with Crippen LogP contribution in [0.1, 0.15) is 30.5 Å². The zero-order valence-electron chi connectivity index (χ0n) is 17.3. The van der Waals surface area contributed by atoms with Crippen LogP contribution < -0.4 is 10.1 Å². The minimum absolute atomic E-state index is 0.0779. The summed E-state index contributed by atoms with van der Waals surface area (Å²) in [6, 6.07) is 13.2. The van der Waals surface area contributed by atoms with Gasteiger partial charge in [0, 0.05) is 12.2 Å². The van der Waals surface area contributed by atoms with Crippen LogP contribution in [-0.4, -0.2) is 29.4 Å². The monoisotopic (exact) mass is 390 g/mol. The van der Waals surface area contributed by atoms with Crippen LogP contribution in [0.2, 0.25) is 0 Å². The fraction of sp³-hybridized carbons (Fsp3) is 0.250. The molecule has 0 saturated heterocycles. The standard InChI is InChI=1S/C24H26N2O3/c1-6-13-26-23(27)21(20-12-7-16(4)14-17(20)5)22(24(26)28)25-18-8-10-19(11-9-18)29-15(2)3/h6-12,14-15,25H,1,13H2,2-5H3. The lowest BCUT2D eigenvalue weighted by Gasteiger charge is -2.13. The summed E-state index contributed by atoms with van der Waals surface area (Å²) in [6.45, 7) is 11.7. The minimum atomic E-state index is -0.354. The molecule has 0 aliphatic carbocycles. The van der Waals surface area contributed by atoms with Gasteiger partial charge in [-0.15, -0.1) is 6.58 Å². The van der Waals surface area contributed by atoms with Gasteiger partial charge in [-0.3, -0.25) is 14.5 Å². The molecule has 2 amide bonds. The predicted octanol–water partition coefficient (Wildman–Crippen LogP) is 4.47. The van der Waals surface area contributed by atoms with Crippen molar-refractivity contribution in [2.45, 2.75) is 33.8 Å². The Kier molecular flexibility index (Phi) is 5.87. The Bertz CT molecular complexity index is 988. The van der Waals surface area contributed by atoms with E-state index in [1.165, 1.54) is 4.90 Å². The molecule has 0 fully saturated rings. The lowest BCUT2D eigenvalue weighted by molar-refractivity contribution is -0.136. The predicted molar refractivity (Wildman–Crippen MR) is 116 cm³/mol. The largest absolute Gasteiger partial charge is 0.491 e. The first kappa shape index (κ1) is 20.4. The molecule has 1 N–H and O–H groups in total. The van der Waals surface area contributed by atoms with Gasteiger partial charge in [0.25, 0.3) is 11.8 Å². The van der Waals surface area contributed by atoms with Crippen molar-refractivity contribution >= 4 is 23.1 Å². The van der Waals surface area contributed by atoms with Crippen molar-refractivity contribution in [3.05, 3.63) is 77.5 Å². The molecule has 0 spiro atoms. The molecule has 0 saturated carbocycles. The van der Waals surface area contributed by atoms with Crippen LogP contribution in [0, 0.1) is 13.8 Å². The highest BCUT2D eigenvalue weighted by Gasteiger charge is 2.39. The molecule has 29 heavy (non-hydrogen) atoms. The van der Waals surface area contributed by atoms with E-state index in [2.05, 4.69) is 11.9 Å². The summed E-state index contributed by atoms with van der Waals surface area (Å²) in [5.41, 5.74) is 4.17. The SMILES string of the molecule is C=CCN1C(=O)C(Nc2ccc(OC(C)C)cc2)=C(c2ccc(C)cc2C)C1=O. The van der Waals surface area contributed by atoms with E-state index in [4.69, 9.17) is 4.74 Å². The lowest BCUT2D eigenvalue weighted by Crippen LogP contribution is -2.32. The maximum atomic E-state index is 13.1. The number of amides is 2. The zero-order valence-corrected chi connectivity index (χ0v) is 17.3. The smallest absolute Gasteiger partial charge is 0.278 e. The van der Waals surface area contributed by atoms with Gasteiger partial charge in [0.05, 0.1) is 11.7 Å². The number of hydrogen-bond donors (Lipinski definition) is 1. The van der Waals surface area contributed by atoms with Crippen LogP contribution in [-0.2, 0) is 9.59 Å². The number of carbonyl (C=O) groups is 2. The van der Waals surface area contributed by atoms with Gasteiger partial charge in [0.1, 0.15) is 11.4 Å². The van der Waals surface area contributed by atoms with E-state index in [9.17, 15) is 9.59 Å². The normalized spacial score (nSPS) is 14.0. The Labute approximate surface area is 171 Å². The molecule has 150 valence electrons. The maximum absolute atomic E-state index is 13.1. The molecule has 2 aromatic carbocycles. The highest BCUT2D eigenvalue weighted by Crippen LogP contribution is 2.32. The molecular formula is C24H26N2O3. The highest BCUT2D eigenvalue weighted by atomic mass is 16.5. The molecule has 2 aromatic rings. The van der Waals surface area contributed by atoms with Crippen molar-refractivity contribution < 1.29 is 14.3 Å². The maximum Gasteiger partial charge on any atom is 0.278 e. The molecular weight excluding hydrogens is 364 g/mol. The van der Waals surface area contributed by atoms with Crippen LogP contribution in [0.3, 0.4) is 0 Å². The summed E-state index contributed by atoms with van der Waals surface area (Å²) in [5, 5.41) is 3.16. The first-order chi connectivity index (χ1) is 13.8. The average molecular weight is 390 g/mol. The molecule has 5 nitrogen and oxygen atoms in total. The third-order valence-corrected chi connectivity index (χ3v) is 4.63. The Morgan fingerprint density at radius 1 is 1.07 bits per heavy atom. The third-order valence-electron chi connectivity index (χ3n) is 4.63. The van der Waals surface area contributed by atoms with Crippen LogP contribution in [0.25, 0.3) is 5.57 Å². The number of aryl methyl sites for hydroxylation is 2. The average Bonchev–Trinajstić information content (AvgIpc) is 2.88. The van der Waals surface area contributed by atoms with E-state index < -0.39 is 0 Å². The number of nitrogens with one attached hydrogen (secondary N) is 1. The summed E-state index contributed by atoms with van der Waals surface area (Å²) in [5.74, 6) is 0.0766. The van der Waals surface area contributed by atoms with E-state index >= 15 is 0 Å². The van der Waals surface area contributed by atoms with Crippen molar-refractivity contribution in [1.82, 2.24) is 4.90 Å². The van der Waals surface area contributed by atoms with Gasteiger partial charge in [-0.2, -0.15) is 0 Å². The van der Waals surface area contributed by atoms with Crippen molar-refractivity contribution in [2.24, 2.45) is 0 Å². The van der Waals surface area contributed by atoms with Crippen LogP contribution in [0.15, 0.2) is 60.8 Å². The number of ether oxygens (including phenoxy) is 1. The highest BCUT2D eigenvalue weighted by molar-refractivity contribution is 6.36. The molecule has 1 aliphatic rings. The van der Waals surface area contributed by atoms with E-state index in [-0.39, 0.29) is 30.2 Å². The molecule has 0 radical (unpaired) electrons. The third kappa shape index (κ3) is 4.24. The van der Waals surface area contributed by atoms with Crippen molar-refractivity contribution in [3.8, 4) is 5.75 Å². The Hall–Kier alpha value is -3.34. The summed E-state index contributed by atoms with van der Waals surface area (Å²) in [6.07, 6.45) is 1.63. The van der Waals surface area contributed by atoms with Crippen molar-refractivity contribution in [2.75, 3.05) is 11.9 Å². The number of carbonyl (C=O) groups excluding carboxylic acids is 2. The Morgan fingerprint density at radius 3 is 2.34 bits per heavy atom. The van der Waals surface area contributed by atoms with Crippen LogP contribution >= 0.6 is 0 Å². The fourth-order valence-corrected chi connectivity index (χ4v) is 3.36. The second-order valence-corrected chi connectivity index (χ2v) is 7.39. The quantitative estimate of drug-likeness (QED) is 0.560. The fourth-order valence-electron chi connectivity index (χ4n) is 3.36. The topological polar surface area (TPSA) is 58.6 Å². The summed E-state index contributed by atoms with van der Waals surface area (Å²) >= 11 is 0. The number of anilines is 1. The van der Waals surface area contributed by atoms with Gasteiger partial charge in [0.2, 0.25) is 0 Å². The molecule has 0 unspecified atom stereocenters. The molecule has 1 aliphatic heterocycles. The molecule has 0 atom stereocenters. The van der Waals surface area contributed by atoms with Crippen LogP contribution in [0.4, 0.5) is 5.69 Å². The van der Waals surface area contributed by atoms with Gasteiger partial charge in [-0.25, -0.2) is 0 Å². The van der Waals surface area contributed by atoms with Gasteiger partial charge in [-0.1, -0.05) is 29.8 Å². The second-order valence-electron chi connectivity index (χ2n) is 7.39. The lowest BCUT2D eigenvalue weighted by atomic mass is 9.97. The van der Waals surface area contributed by atoms with Gasteiger partial charge < -0.3 is 10.1 Å². The number of benzene rings is 2. The van der Waals surface area contributed by atoms with Gasteiger partial charge >= 0.3 is 0 Å². The molecule has 3 rings (SSSR count). The Balaban J connectivity index is 2.02. The molecule has 1 heterocycles. The van der Waals surface area contributed by atoms with Crippen LogP contribution in [0.5, 0.6) is 5.75 Å². The van der Waals surface area contributed by atoms with E-state index in [0.717, 1.165) is 22.4 Å². The summed E-state index contributed by atoms with van der Waals surface area (Å²) < 4.78 is 5.66. The van der Waals surface area contributed by atoms with Gasteiger partial charge in [-0.05, 0) is 63.1 Å². The zero-order chi connectivity index (χ0) is 21.1. The van der Waals surface area contributed by atoms with E-state index in [1.807, 2.05) is 70.2 Å². The number of imide groups is 1. The van der Waals surface area contributed by atoms with E-state index in [1.54, 1.807) is 6.08 Å². The second kappa shape index (κ2) is 8.35. The minimum Gasteiger partial charge on any atom is -0.491 e. The van der Waals surface area contributed by atoms with Gasteiger partial charge in [0.15, 0.2) is 0 Å². The summed E-state index contributed by atoms with van der Waals surface area (Å²) in [4.78, 5) is 27.3. The number of hydrogen-bond acceptors (Lipinski definition) is 4. The number of nitrogens with zero attached hydrogens (tertiary/aromatic N) is 1. The summed E-state index contributed by atoms with van der Waals surface area (Å²) in [7, 11) is 0. The first-order valence-electron chi connectivity index (χ1n) is 9.64. The molecule has 5 heteroatoms. The van der Waals surface area contributed by atoms with Crippen molar-refractivity contribution in [1.29, 1.82) is 0 Å².